The van der Waals surface area contributed by atoms with Gasteiger partial charge >= 0.3 is 0 Å². The predicted octanol–water partition coefficient (Wildman–Crippen LogP) is 2.82. The first-order valence-electron chi connectivity index (χ1n) is 6.57. The van der Waals surface area contributed by atoms with Crippen molar-refractivity contribution in [3.05, 3.63) is 35.2 Å². The number of amides is 1. The average molecular weight is 344 g/mol. The molecule has 1 amide bonds. The third-order valence-electron chi connectivity index (χ3n) is 3.65. The summed E-state index contributed by atoms with van der Waals surface area (Å²) < 4.78 is 23.5. The molecule has 1 saturated heterocycles. The second kappa shape index (κ2) is 5.59. The Kier molecular flexibility index (Phi) is 3.94. The van der Waals surface area contributed by atoms with Gasteiger partial charge in [0, 0.05) is 40.8 Å². The fourth-order valence-corrected chi connectivity index (χ4v) is 5.04. The molecular formula is C14H14ClNO3S2. The number of fused-ring (bicyclic) bond motifs is 1. The molecule has 0 spiro atoms. The largest absolute Gasteiger partial charge is 0.338 e. The van der Waals surface area contributed by atoms with Gasteiger partial charge in [-0.05, 0) is 22.4 Å². The maximum absolute atomic E-state index is 12.0. The number of benzene rings is 1. The highest BCUT2D eigenvalue weighted by Crippen LogP contribution is 2.29. The highest BCUT2D eigenvalue weighted by Gasteiger charge is 2.32. The molecule has 2 aromatic rings. The zero-order valence-corrected chi connectivity index (χ0v) is 13.5. The van der Waals surface area contributed by atoms with Crippen LogP contribution in [-0.4, -0.2) is 31.5 Å². The lowest BCUT2D eigenvalue weighted by molar-refractivity contribution is -0.128. The van der Waals surface area contributed by atoms with Crippen LogP contribution in [0.4, 0.5) is 0 Å². The SMILES string of the molecule is O=C1CC(CS(=O)(=O)Cl)CN1Cc1csc2ccccc12. The minimum Gasteiger partial charge on any atom is -0.338 e. The lowest BCUT2D eigenvalue weighted by Gasteiger charge is -2.16. The number of carbonyl (C=O) groups excluding carboxylic acids is 1. The van der Waals surface area contributed by atoms with Gasteiger partial charge in [0.05, 0.1) is 5.75 Å². The van der Waals surface area contributed by atoms with E-state index >= 15 is 0 Å². The minimum atomic E-state index is -3.56. The van der Waals surface area contributed by atoms with Gasteiger partial charge in [-0.1, -0.05) is 18.2 Å². The Hall–Kier alpha value is -1.11. The third-order valence-corrected chi connectivity index (χ3v) is 5.91. The second-order valence-corrected chi connectivity index (χ2v) is 9.04. The molecule has 2 heterocycles. The Balaban J connectivity index is 1.75. The molecule has 7 heteroatoms. The van der Waals surface area contributed by atoms with E-state index in [4.69, 9.17) is 10.7 Å². The lowest BCUT2D eigenvalue weighted by Crippen LogP contribution is -2.25. The van der Waals surface area contributed by atoms with Crippen molar-refractivity contribution >= 4 is 47.1 Å². The van der Waals surface area contributed by atoms with E-state index in [1.54, 1.807) is 16.2 Å². The summed E-state index contributed by atoms with van der Waals surface area (Å²) in [7, 11) is 1.72. The smallest absolute Gasteiger partial charge is 0.232 e. The Morgan fingerprint density at radius 1 is 1.33 bits per heavy atom. The van der Waals surface area contributed by atoms with Gasteiger partial charge < -0.3 is 4.90 Å². The number of likely N-dealkylation sites (tertiary alicyclic amines) is 1. The summed E-state index contributed by atoms with van der Waals surface area (Å²) in [5.74, 6) is -0.346. The van der Waals surface area contributed by atoms with Gasteiger partial charge in [-0.2, -0.15) is 0 Å². The summed E-state index contributed by atoms with van der Waals surface area (Å²) in [6.45, 7) is 0.983. The van der Waals surface area contributed by atoms with Gasteiger partial charge in [-0.25, -0.2) is 8.42 Å². The van der Waals surface area contributed by atoms with Crippen LogP contribution in [0.5, 0.6) is 0 Å². The first-order chi connectivity index (χ1) is 9.92. The molecule has 0 saturated carbocycles. The Labute approximate surface area is 131 Å². The highest BCUT2D eigenvalue weighted by atomic mass is 35.7. The third kappa shape index (κ3) is 3.39. The molecule has 1 unspecified atom stereocenters. The molecule has 0 bridgehead atoms. The number of thiophene rings is 1. The first kappa shape index (κ1) is 14.8. The molecule has 0 aliphatic carbocycles. The monoisotopic (exact) mass is 343 g/mol. The van der Waals surface area contributed by atoms with E-state index in [0.29, 0.717) is 13.1 Å². The van der Waals surface area contributed by atoms with Gasteiger partial charge in [0.15, 0.2) is 0 Å². The topological polar surface area (TPSA) is 54.5 Å². The molecular weight excluding hydrogens is 330 g/mol. The van der Waals surface area contributed by atoms with Crippen molar-refractivity contribution in [2.75, 3.05) is 12.3 Å². The fourth-order valence-electron chi connectivity index (χ4n) is 2.76. The molecule has 112 valence electrons. The summed E-state index contributed by atoms with van der Waals surface area (Å²) in [4.78, 5) is 13.7. The summed E-state index contributed by atoms with van der Waals surface area (Å²) in [6, 6.07) is 8.07. The van der Waals surface area contributed by atoms with Crippen molar-refractivity contribution in [2.45, 2.75) is 13.0 Å². The molecule has 1 aromatic carbocycles. The molecule has 3 rings (SSSR count). The van der Waals surface area contributed by atoms with Gasteiger partial charge in [0.2, 0.25) is 15.0 Å². The molecule has 1 atom stereocenters. The van der Waals surface area contributed by atoms with Crippen molar-refractivity contribution in [1.82, 2.24) is 4.90 Å². The lowest BCUT2D eigenvalue weighted by atomic mass is 10.1. The normalized spacial score (nSPS) is 19.6. The number of nitrogens with zero attached hydrogens (tertiary/aromatic N) is 1. The molecule has 1 aliphatic heterocycles. The number of hydrogen-bond acceptors (Lipinski definition) is 4. The van der Waals surface area contributed by atoms with Crippen LogP contribution in [-0.2, 0) is 20.4 Å². The molecule has 0 radical (unpaired) electrons. The van der Waals surface area contributed by atoms with Crippen LogP contribution in [0.2, 0.25) is 0 Å². The number of carbonyl (C=O) groups is 1. The van der Waals surface area contributed by atoms with E-state index in [0.717, 1.165) is 10.9 Å². The van der Waals surface area contributed by atoms with Crippen molar-refractivity contribution in [2.24, 2.45) is 5.92 Å². The summed E-state index contributed by atoms with van der Waals surface area (Å²) in [6.07, 6.45) is 0.258. The molecule has 1 aromatic heterocycles. The average Bonchev–Trinajstić information content (AvgIpc) is 2.93. The standard InChI is InChI=1S/C14H14ClNO3S2/c15-21(18,19)9-10-5-14(17)16(6-10)7-11-8-20-13-4-2-1-3-12(11)13/h1-4,8,10H,5-7,9H2. The molecule has 4 nitrogen and oxygen atoms in total. The van der Waals surface area contributed by atoms with Gasteiger partial charge in [0.1, 0.15) is 0 Å². The Bertz CT molecular complexity index is 784. The summed E-state index contributed by atoms with van der Waals surface area (Å²) in [5, 5.41) is 3.22. The van der Waals surface area contributed by atoms with Crippen LogP contribution in [0, 0.1) is 5.92 Å². The molecule has 1 fully saturated rings. The Morgan fingerprint density at radius 2 is 2.10 bits per heavy atom. The number of rotatable bonds is 4. The maximum atomic E-state index is 12.0. The van der Waals surface area contributed by atoms with E-state index in [-0.39, 0.29) is 24.0 Å². The van der Waals surface area contributed by atoms with Crippen molar-refractivity contribution in [3.8, 4) is 0 Å². The number of halogens is 1. The van der Waals surface area contributed by atoms with Crippen LogP contribution >= 0.6 is 22.0 Å². The summed E-state index contributed by atoms with van der Waals surface area (Å²) >= 11 is 1.65. The van der Waals surface area contributed by atoms with E-state index in [9.17, 15) is 13.2 Å². The zero-order valence-electron chi connectivity index (χ0n) is 11.2. The van der Waals surface area contributed by atoms with Crippen LogP contribution in [0.3, 0.4) is 0 Å². The molecule has 21 heavy (non-hydrogen) atoms. The van der Waals surface area contributed by atoms with Gasteiger partial charge in [-0.3, -0.25) is 4.79 Å². The summed E-state index contributed by atoms with van der Waals surface area (Å²) in [5.41, 5.74) is 1.11. The van der Waals surface area contributed by atoms with Crippen LogP contribution in [0.1, 0.15) is 12.0 Å². The van der Waals surface area contributed by atoms with E-state index in [1.165, 1.54) is 4.70 Å². The number of hydrogen-bond donors (Lipinski definition) is 0. The quantitative estimate of drug-likeness (QED) is 0.802. The fraction of sp³-hybridized carbons (Fsp3) is 0.357. The van der Waals surface area contributed by atoms with E-state index in [2.05, 4.69) is 11.4 Å². The highest BCUT2D eigenvalue weighted by molar-refractivity contribution is 8.13. The van der Waals surface area contributed by atoms with Crippen LogP contribution in [0.15, 0.2) is 29.6 Å². The van der Waals surface area contributed by atoms with E-state index in [1.807, 2.05) is 18.2 Å². The van der Waals surface area contributed by atoms with E-state index < -0.39 is 9.05 Å². The maximum Gasteiger partial charge on any atom is 0.232 e. The van der Waals surface area contributed by atoms with Crippen molar-refractivity contribution in [3.63, 3.8) is 0 Å². The zero-order chi connectivity index (χ0) is 15.0. The van der Waals surface area contributed by atoms with Crippen molar-refractivity contribution < 1.29 is 13.2 Å². The second-order valence-electron chi connectivity index (χ2n) is 5.31. The molecule has 1 aliphatic rings. The van der Waals surface area contributed by atoms with Crippen molar-refractivity contribution in [1.29, 1.82) is 0 Å². The van der Waals surface area contributed by atoms with Crippen LogP contribution < -0.4 is 0 Å². The first-order valence-corrected chi connectivity index (χ1v) is 9.93. The predicted molar refractivity (Wildman–Crippen MR) is 85.0 cm³/mol. The minimum absolute atomic E-state index is 0.00408. The van der Waals surface area contributed by atoms with Gasteiger partial charge in [-0.15, -0.1) is 11.3 Å². The van der Waals surface area contributed by atoms with Crippen LogP contribution in [0.25, 0.3) is 10.1 Å². The molecule has 0 N–H and O–H groups in total. The Morgan fingerprint density at radius 3 is 2.86 bits per heavy atom. The van der Waals surface area contributed by atoms with Gasteiger partial charge in [0.25, 0.3) is 0 Å².